The van der Waals surface area contributed by atoms with Crippen molar-refractivity contribution in [1.29, 1.82) is 0 Å². The third kappa shape index (κ3) is 2.59. The van der Waals surface area contributed by atoms with E-state index in [4.69, 9.17) is 23.4 Å². The van der Waals surface area contributed by atoms with E-state index in [1.54, 1.807) is 13.4 Å². The number of aromatic nitrogens is 1. The largest absolute Gasteiger partial charge is 0.432 e. The lowest BCUT2D eigenvalue weighted by Gasteiger charge is -2.34. The van der Waals surface area contributed by atoms with E-state index in [9.17, 15) is 0 Å². The van der Waals surface area contributed by atoms with Gasteiger partial charge in [0.15, 0.2) is 6.29 Å². The lowest BCUT2D eigenvalue weighted by molar-refractivity contribution is -0.383. The molecule has 0 aromatic carbocycles. The molecule has 0 N–H and O–H groups in total. The molecule has 0 unspecified atom stereocenters. The van der Waals surface area contributed by atoms with Crippen molar-refractivity contribution in [3.63, 3.8) is 0 Å². The van der Waals surface area contributed by atoms with Crippen LogP contribution in [0.4, 0.5) is 6.01 Å². The van der Waals surface area contributed by atoms with Gasteiger partial charge in [-0.15, -0.1) is 0 Å². The fourth-order valence-electron chi connectivity index (χ4n) is 2.25. The number of hydrogen-bond donors (Lipinski definition) is 0. The Bertz CT molecular complexity index is 416. The van der Waals surface area contributed by atoms with E-state index < -0.39 is 6.29 Å². The van der Waals surface area contributed by atoms with Crippen molar-refractivity contribution in [2.24, 2.45) is 0 Å². The van der Waals surface area contributed by atoms with Crippen LogP contribution in [-0.4, -0.2) is 50.8 Å². The van der Waals surface area contributed by atoms with Crippen LogP contribution in [0.25, 0.3) is 0 Å². The number of oxazole rings is 1. The minimum atomic E-state index is -0.408. The van der Waals surface area contributed by atoms with Crippen molar-refractivity contribution in [3.8, 4) is 0 Å². The van der Waals surface area contributed by atoms with Gasteiger partial charge in [0.1, 0.15) is 12.0 Å². The Morgan fingerprint density at radius 2 is 2.32 bits per heavy atom. The van der Waals surface area contributed by atoms with Crippen LogP contribution in [0.15, 0.2) is 10.7 Å². The summed E-state index contributed by atoms with van der Waals surface area (Å²) < 4.78 is 26.9. The van der Waals surface area contributed by atoms with Crippen molar-refractivity contribution in [1.82, 2.24) is 4.98 Å². The molecule has 0 aliphatic carbocycles. The molecular formula is C12H18N2O5. The molecule has 0 spiro atoms. The van der Waals surface area contributed by atoms with E-state index in [1.807, 2.05) is 6.92 Å². The Morgan fingerprint density at radius 1 is 1.47 bits per heavy atom. The van der Waals surface area contributed by atoms with Gasteiger partial charge in [-0.25, -0.2) is 0 Å². The molecule has 106 valence electrons. The molecule has 0 bridgehead atoms. The van der Waals surface area contributed by atoms with Gasteiger partial charge >= 0.3 is 0 Å². The molecule has 2 saturated heterocycles. The maximum atomic E-state index is 5.52. The summed E-state index contributed by atoms with van der Waals surface area (Å²) in [7, 11) is 1.67. The standard InChI is InChI=1S/C12H18N2O5/c1-8-18-11(19-8)10-7-17-12(13-10)14-3-4-16-6-9(14)5-15-2/h7-9,11H,3-6H2,1-2H3/t8?,9-,11?/m0/s1. The maximum absolute atomic E-state index is 5.52. The number of nitrogens with zero attached hydrogens (tertiary/aromatic N) is 2. The van der Waals surface area contributed by atoms with Crippen molar-refractivity contribution in [3.05, 3.63) is 12.0 Å². The first kappa shape index (κ1) is 12.9. The van der Waals surface area contributed by atoms with Crippen LogP contribution in [0.3, 0.4) is 0 Å². The van der Waals surface area contributed by atoms with E-state index >= 15 is 0 Å². The monoisotopic (exact) mass is 270 g/mol. The van der Waals surface area contributed by atoms with Gasteiger partial charge in [0.2, 0.25) is 6.29 Å². The average Bonchev–Trinajstić information content (AvgIpc) is 2.85. The van der Waals surface area contributed by atoms with Crippen molar-refractivity contribution < 1.29 is 23.4 Å². The highest BCUT2D eigenvalue weighted by Gasteiger charge is 2.33. The topological polar surface area (TPSA) is 66.2 Å². The SMILES string of the molecule is COC[C@H]1COCCN1c1nc(C2OC(C)O2)co1. The molecule has 3 heterocycles. The van der Waals surface area contributed by atoms with Crippen LogP contribution in [0, 0.1) is 0 Å². The molecule has 0 amide bonds. The Morgan fingerprint density at radius 3 is 3.05 bits per heavy atom. The van der Waals surface area contributed by atoms with Gasteiger partial charge in [0, 0.05) is 13.7 Å². The maximum Gasteiger partial charge on any atom is 0.298 e. The molecule has 2 aliphatic rings. The summed E-state index contributed by atoms with van der Waals surface area (Å²) in [6.07, 6.45) is 0.995. The number of morpholine rings is 1. The summed E-state index contributed by atoms with van der Waals surface area (Å²) in [6.45, 7) is 4.42. The summed E-state index contributed by atoms with van der Waals surface area (Å²) in [5.41, 5.74) is 0.663. The Kier molecular flexibility index (Phi) is 3.69. The molecule has 1 aromatic rings. The highest BCUT2D eigenvalue weighted by molar-refractivity contribution is 5.30. The fourth-order valence-corrected chi connectivity index (χ4v) is 2.25. The first-order chi connectivity index (χ1) is 9.28. The zero-order valence-electron chi connectivity index (χ0n) is 11.1. The van der Waals surface area contributed by atoms with Crippen molar-refractivity contribution >= 4 is 6.01 Å². The molecule has 1 aromatic heterocycles. The summed E-state index contributed by atoms with van der Waals surface area (Å²) in [6, 6.07) is 0.680. The molecular weight excluding hydrogens is 252 g/mol. The molecule has 0 saturated carbocycles. The van der Waals surface area contributed by atoms with Crippen LogP contribution in [0.5, 0.6) is 0 Å². The van der Waals surface area contributed by atoms with E-state index in [0.29, 0.717) is 31.5 Å². The van der Waals surface area contributed by atoms with Crippen LogP contribution in [0.1, 0.15) is 18.9 Å². The minimum Gasteiger partial charge on any atom is -0.432 e. The average molecular weight is 270 g/mol. The van der Waals surface area contributed by atoms with E-state index in [-0.39, 0.29) is 12.3 Å². The van der Waals surface area contributed by atoms with E-state index in [2.05, 4.69) is 9.88 Å². The fraction of sp³-hybridized carbons (Fsp3) is 0.750. The third-order valence-electron chi connectivity index (χ3n) is 3.21. The van der Waals surface area contributed by atoms with Crippen LogP contribution in [-0.2, 0) is 18.9 Å². The Labute approximate surface area is 111 Å². The second-order valence-corrected chi connectivity index (χ2v) is 4.60. The second-order valence-electron chi connectivity index (χ2n) is 4.60. The number of hydrogen-bond acceptors (Lipinski definition) is 7. The third-order valence-corrected chi connectivity index (χ3v) is 3.21. The molecule has 19 heavy (non-hydrogen) atoms. The number of anilines is 1. The molecule has 0 radical (unpaired) electrons. The number of ether oxygens (including phenoxy) is 4. The van der Waals surface area contributed by atoms with Gasteiger partial charge in [-0.2, -0.15) is 4.98 Å². The zero-order valence-corrected chi connectivity index (χ0v) is 11.1. The number of methoxy groups -OCH3 is 1. The van der Waals surface area contributed by atoms with Gasteiger partial charge in [0.25, 0.3) is 6.01 Å². The lowest BCUT2D eigenvalue weighted by Crippen LogP contribution is -2.48. The first-order valence-electron chi connectivity index (χ1n) is 6.37. The van der Waals surface area contributed by atoms with Gasteiger partial charge in [-0.05, 0) is 6.92 Å². The van der Waals surface area contributed by atoms with Gasteiger partial charge < -0.3 is 28.3 Å². The molecule has 2 fully saturated rings. The summed E-state index contributed by atoms with van der Waals surface area (Å²) in [4.78, 5) is 6.48. The van der Waals surface area contributed by atoms with Crippen LogP contribution in [0.2, 0.25) is 0 Å². The highest BCUT2D eigenvalue weighted by Crippen LogP contribution is 2.32. The molecule has 7 nitrogen and oxygen atoms in total. The van der Waals surface area contributed by atoms with E-state index in [0.717, 1.165) is 6.54 Å². The normalized spacial score (nSPS) is 31.3. The van der Waals surface area contributed by atoms with Crippen molar-refractivity contribution in [2.45, 2.75) is 25.5 Å². The predicted octanol–water partition coefficient (Wildman–Crippen LogP) is 0.918. The summed E-state index contributed by atoms with van der Waals surface area (Å²) in [5.74, 6) is 0. The van der Waals surface area contributed by atoms with Gasteiger partial charge in [-0.3, -0.25) is 0 Å². The van der Waals surface area contributed by atoms with Crippen LogP contribution >= 0.6 is 0 Å². The van der Waals surface area contributed by atoms with E-state index in [1.165, 1.54) is 0 Å². The Balaban J connectivity index is 1.69. The quantitative estimate of drug-likeness (QED) is 0.805. The van der Waals surface area contributed by atoms with Crippen LogP contribution < -0.4 is 4.90 Å². The van der Waals surface area contributed by atoms with Gasteiger partial charge in [-0.1, -0.05) is 0 Å². The van der Waals surface area contributed by atoms with Crippen molar-refractivity contribution in [2.75, 3.05) is 38.4 Å². The molecule has 3 rings (SSSR count). The first-order valence-corrected chi connectivity index (χ1v) is 6.37. The highest BCUT2D eigenvalue weighted by atomic mass is 16.9. The smallest absolute Gasteiger partial charge is 0.298 e. The Hall–Kier alpha value is -1.15. The second kappa shape index (κ2) is 5.46. The van der Waals surface area contributed by atoms with Gasteiger partial charge in [0.05, 0.1) is 25.9 Å². The minimum absolute atomic E-state index is 0.118. The lowest BCUT2D eigenvalue weighted by atomic mass is 10.2. The zero-order chi connectivity index (χ0) is 13.2. The predicted molar refractivity (Wildman–Crippen MR) is 64.7 cm³/mol. The molecule has 1 atom stereocenters. The molecule has 2 aliphatic heterocycles. The summed E-state index contributed by atoms with van der Waals surface area (Å²) >= 11 is 0. The molecule has 7 heteroatoms. The number of rotatable bonds is 4. The summed E-state index contributed by atoms with van der Waals surface area (Å²) in [5, 5.41) is 0.